The first kappa shape index (κ1) is 16.8. The Kier molecular flexibility index (Phi) is 6.48. The van der Waals surface area contributed by atoms with E-state index in [1.807, 2.05) is 0 Å². The van der Waals surface area contributed by atoms with Gasteiger partial charge in [0.25, 0.3) is 0 Å². The molecule has 1 aromatic rings. The third kappa shape index (κ3) is 6.62. The maximum Gasteiger partial charge on any atom is 0.326 e. The lowest BCUT2D eigenvalue weighted by atomic mass is 10.2. The minimum atomic E-state index is -1.45. The highest BCUT2D eigenvalue weighted by atomic mass is 35.5. The lowest BCUT2D eigenvalue weighted by Gasteiger charge is -2.12. The zero-order valence-corrected chi connectivity index (χ0v) is 11.7. The van der Waals surface area contributed by atoms with Crippen LogP contribution in [0.25, 0.3) is 0 Å². The number of rotatable bonds is 8. The van der Waals surface area contributed by atoms with Crippen LogP contribution in [0.3, 0.4) is 0 Å². The molecule has 114 valence electrons. The molecule has 1 aromatic carbocycles. The van der Waals surface area contributed by atoms with Crippen LogP contribution >= 0.6 is 11.6 Å². The second kappa shape index (κ2) is 8.11. The fraction of sp³-hybridized carbons (Fsp3) is 0.308. The van der Waals surface area contributed by atoms with Gasteiger partial charge in [0.2, 0.25) is 5.91 Å². The van der Waals surface area contributed by atoms with Crippen LogP contribution in [0.1, 0.15) is 12.8 Å². The van der Waals surface area contributed by atoms with E-state index in [0.717, 1.165) is 0 Å². The van der Waals surface area contributed by atoms with Gasteiger partial charge in [-0.05, 0) is 24.3 Å². The van der Waals surface area contributed by atoms with Gasteiger partial charge in [-0.25, -0.2) is 4.79 Å². The van der Waals surface area contributed by atoms with Gasteiger partial charge in [0.05, 0.1) is 19.4 Å². The fourth-order valence-corrected chi connectivity index (χ4v) is 1.56. The van der Waals surface area contributed by atoms with E-state index in [9.17, 15) is 14.4 Å². The summed E-state index contributed by atoms with van der Waals surface area (Å²) >= 11 is 5.70. The lowest BCUT2D eigenvalue weighted by Crippen LogP contribution is -2.42. The SMILES string of the molecule is O=C(O)CC(NC(=O)CCOc1ccc(Cl)cc1)C(=O)O. The molecule has 0 aliphatic rings. The van der Waals surface area contributed by atoms with E-state index in [4.69, 9.17) is 26.6 Å². The van der Waals surface area contributed by atoms with Gasteiger partial charge in [0.1, 0.15) is 11.8 Å². The number of benzene rings is 1. The minimum absolute atomic E-state index is 0.0346. The van der Waals surface area contributed by atoms with Crippen LogP contribution in [0, 0.1) is 0 Å². The summed E-state index contributed by atoms with van der Waals surface area (Å²) < 4.78 is 5.27. The van der Waals surface area contributed by atoms with Crippen LogP contribution in [-0.4, -0.2) is 40.7 Å². The van der Waals surface area contributed by atoms with E-state index in [0.29, 0.717) is 10.8 Å². The molecular weight excluding hydrogens is 302 g/mol. The van der Waals surface area contributed by atoms with Gasteiger partial charge < -0.3 is 20.3 Å². The number of carboxylic acids is 2. The third-order valence-corrected chi connectivity index (χ3v) is 2.68. The number of amides is 1. The molecule has 0 fully saturated rings. The average molecular weight is 316 g/mol. The molecule has 3 N–H and O–H groups in total. The molecule has 0 aromatic heterocycles. The first-order valence-corrected chi connectivity index (χ1v) is 6.38. The van der Waals surface area contributed by atoms with Crippen LogP contribution in [0.4, 0.5) is 0 Å². The maximum absolute atomic E-state index is 11.5. The van der Waals surface area contributed by atoms with Crippen LogP contribution in [0.2, 0.25) is 5.02 Å². The first-order valence-electron chi connectivity index (χ1n) is 6.01. The molecule has 0 saturated heterocycles. The molecule has 8 heteroatoms. The minimum Gasteiger partial charge on any atom is -0.493 e. The van der Waals surface area contributed by atoms with Gasteiger partial charge in [-0.1, -0.05) is 11.6 Å². The Morgan fingerprint density at radius 2 is 1.81 bits per heavy atom. The standard InChI is InChI=1S/C13H14ClNO6/c14-8-1-3-9(4-2-8)21-6-5-11(16)15-10(13(19)20)7-12(17)18/h1-4,10H,5-7H2,(H,15,16)(H,17,18)(H,19,20). The Labute approximate surface area is 125 Å². The predicted octanol–water partition coefficient (Wildman–Crippen LogP) is 1.15. The van der Waals surface area contributed by atoms with Gasteiger partial charge in [0, 0.05) is 5.02 Å². The largest absolute Gasteiger partial charge is 0.493 e. The van der Waals surface area contributed by atoms with Crippen molar-refractivity contribution in [2.24, 2.45) is 0 Å². The van der Waals surface area contributed by atoms with E-state index in [2.05, 4.69) is 5.32 Å². The maximum atomic E-state index is 11.5. The quantitative estimate of drug-likeness (QED) is 0.663. The topological polar surface area (TPSA) is 113 Å². The van der Waals surface area contributed by atoms with Crippen molar-refractivity contribution in [1.82, 2.24) is 5.32 Å². The zero-order valence-electron chi connectivity index (χ0n) is 10.9. The van der Waals surface area contributed by atoms with Gasteiger partial charge in [-0.3, -0.25) is 9.59 Å². The summed E-state index contributed by atoms with van der Waals surface area (Å²) in [6.45, 7) is 0.0346. The molecular formula is C13H14ClNO6. The lowest BCUT2D eigenvalue weighted by molar-refractivity contribution is -0.147. The number of carbonyl (C=O) groups excluding carboxylic acids is 1. The van der Waals surface area contributed by atoms with E-state index >= 15 is 0 Å². The van der Waals surface area contributed by atoms with E-state index in [-0.39, 0.29) is 13.0 Å². The summed E-state index contributed by atoms with van der Waals surface area (Å²) in [6, 6.07) is 5.06. The highest BCUT2D eigenvalue weighted by Crippen LogP contribution is 2.15. The van der Waals surface area contributed by atoms with Crippen LogP contribution in [0.5, 0.6) is 5.75 Å². The number of halogens is 1. The van der Waals surface area contributed by atoms with Crippen molar-refractivity contribution in [3.63, 3.8) is 0 Å². The molecule has 1 amide bonds. The van der Waals surface area contributed by atoms with Crippen molar-refractivity contribution in [2.75, 3.05) is 6.61 Å². The molecule has 0 spiro atoms. The molecule has 0 radical (unpaired) electrons. The van der Waals surface area contributed by atoms with Gasteiger partial charge in [-0.2, -0.15) is 0 Å². The molecule has 1 rings (SSSR count). The number of hydrogen-bond acceptors (Lipinski definition) is 4. The van der Waals surface area contributed by atoms with Crippen molar-refractivity contribution in [2.45, 2.75) is 18.9 Å². The van der Waals surface area contributed by atoms with E-state index < -0.39 is 30.3 Å². The highest BCUT2D eigenvalue weighted by Gasteiger charge is 2.22. The Bertz CT molecular complexity index is 516. The number of carboxylic acid groups (broad SMARTS) is 2. The van der Waals surface area contributed by atoms with Gasteiger partial charge in [0.15, 0.2) is 0 Å². The second-order valence-electron chi connectivity index (χ2n) is 4.11. The number of carbonyl (C=O) groups is 3. The molecule has 0 heterocycles. The van der Waals surface area contributed by atoms with Crippen molar-refractivity contribution in [3.05, 3.63) is 29.3 Å². The molecule has 7 nitrogen and oxygen atoms in total. The fourth-order valence-electron chi connectivity index (χ4n) is 1.43. The third-order valence-electron chi connectivity index (χ3n) is 2.42. The molecule has 1 atom stereocenters. The highest BCUT2D eigenvalue weighted by molar-refractivity contribution is 6.30. The van der Waals surface area contributed by atoms with Crippen molar-refractivity contribution in [1.29, 1.82) is 0 Å². The summed E-state index contributed by atoms with van der Waals surface area (Å²) in [5.41, 5.74) is 0. The Hall–Kier alpha value is -2.28. The summed E-state index contributed by atoms with van der Waals surface area (Å²) in [5, 5.41) is 20.0. The van der Waals surface area contributed by atoms with Gasteiger partial charge in [-0.15, -0.1) is 0 Å². The summed E-state index contributed by atoms with van der Waals surface area (Å²) in [5.74, 6) is -2.78. The first-order chi connectivity index (χ1) is 9.88. The smallest absolute Gasteiger partial charge is 0.326 e. The van der Waals surface area contributed by atoms with Crippen molar-refractivity contribution < 1.29 is 29.3 Å². The summed E-state index contributed by atoms with van der Waals surface area (Å²) in [7, 11) is 0. The van der Waals surface area contributed by atoms with Crippen molar-refractivity contribution in [3.8, 4) is 5.75 Å². The Morgan fingerprint density at radius 1 is 1.19 bits per heavy atom. The van der Waals surface area contributed by atoms with Crippen LogP contribution in [0.15, 0.2) is 24.3 Å². The Balaban J connectivity index is 2.37. The zero-order chi connectivity index (χ0) is 15.8. The van der Waals surface area contributed by atoms with Crippen LogP contribution < -0.4 is 10.1 Å². The summed E-state index contributed by atoms with van der Waals surface area (Å²) in [6.07, 6.45) is -0.773. The molecule has 0 bridgehead atoms. The normalized spacial score (nSPS) is 11.5. The second-order valence-corrected chi connectivity index (χ2v) is 4.55. The molecule has 0 aliphatic carbocycles. The molecule has 1 unspecified atom stereocenters. The Morgan fingerprint density at radius 3 is 2.33 bits per heavy atom. The average Bonchev–Trinajstić information content (AvgIpc) is 2.39. The number of aliphatic carboxylic acids is 2. The van der Waals surface area contributed by atoms with Crippen LogP contribution in [-0.2, 0) is 14.4 Å². The molecule has 21 heavy (non-hydrogen) atoms. The number of ether oxygens (including phenoxy) is 1. The van der Waals surface area contributed by atoms with Crippen molar-refractivity contribution >= 4 is 29.4 Å². The molecule has 0 saturated carbocycles. The summed E-state index contributed by atoms with van der Waals surface area (Å²) in [4.78, 5) is 32.8. The van der Waals surface area contributed by atoms with E-state index in [1.165, 1.54) is 0 Å². The number of nitrogens with one attached hydrogen (secondary N) is 1. The monoisotopic (exact) mass is 315 g/mol. The predicted molar refractivity (Wildman–Crippen MR) is 73.4 cm³/mol. The van der Waals surface area contributed by atoms with Gasteiger partial charge >= 0.3 is 11.9 Å². The molecule has 0 aliphatic heterocycles. The van der Waals surface area contributed by atoms with E-state index in [1.54, 1.807) is 24.3 Å². The number of hydrogen-bond donors (Lipinski definition) is 3.